The summed E-state index contributed by atoms with van der Waals surface area (Å²) in [5.74, 6) is 5.95. The van der Waals surface area contributed by atoms with Gasteiger partial charge in [-0.2, -0.15) is 0 Å². The predicted molar refractivity (Wildman–Crippen MR) is 88.4 cm³/mol. The number of carbonyl (C=O) groups excluding carboxylic acids is 1. The number of hydrogen-bond acceptors (Lipinski definition) is 2. The summed E-state index contributed by atoms with van der Waals surface area (Å²) in [5, 5.41) is 2.88. The fourth-order valence-electron chi connectivity index (χ4n) is 1.70. The number of benzene rings is 1. The molecule has 0 fully saturated rings. The van der Waals surface area contributed by atoms with Gasteiger partial charge >= 0.3 is 0 Å². The molecule has 0 radical (unpaired) electrons. The lowest BCUT2D eigenvalue weighted by Gasteiger charge is -2.18. The van der Waals surface area contributed by atoms with E-state index in [1.807, 2.05) is 36.4 Å². The minimum Gasteiger partial charge on any atom is -0.350 e. The molecule has 1 heterocycles. The van der Waals surface area contributed by atoms with Gasteiger partial charge < -0.3 is 5.32 Å². The Labute approximate surface area is 131 Å². The van der Waals surface area contributed by atoms with E-state index in [1.165, 1.54) is 0 Å². The molecule has 0 aliphatic carbocycles. The molecule has 2 aromatic rings. The lowest BCUT2D eigenvalue weighted by Crippen LogP contribution is -2.32. The van der Waals surface area contributed by atoms with Gasteiger partial charge in [0.2, 0.25) is 0 Å². The molecule has 0 spiro atoms. The van der Waals surface area contributed by atoms with E-state index >= 15 is 0 Å². The third-order valence-electron chi connectivity index (χ3n) is 2.90. The molecule has 0 bridgehead atoms. The molecule has 0 saturated carbocycles. The minimum atomic E-state index is -0.155. The SMILES string of the molecule is CC(C)(C)CNC(=O)c1ccc(C#Cc2ccccc2)cn1. The largest absolute Gasteiger partial charge is 0.350 e. The Balaban J connectivity index is 2.02. The zero-order valence-corrected chi connectivity index (χ0v) is 13.2. The summed E-state index contributed by atoms with van der Waals surface area (Å²) in [7, 11) is 0. The predicted octanol–water partition coefficient (Wildman–Crippen LogP) is 3.26. The fourth-order valence-corrected chi connectivity index (χ4v) is 1.70. The summed E-state index contributed by atoms with van der Waals surface area (Å²) in [5.41, 5.74) is 2.21. The van der Waals surface area contributed by atoms with Crippen molar-refractivity contribution in [3.05, 3.63) is 65.5 Å². The lowest BCUT2D eigenvalue weighted by molar-refractivity contribution is 0.0934. The molecule has 1 N–H and O–H groups in total. The van der Waals surface area contributed by atoms with Crippen LogP contribution in [-0.2, 0) is 0 Å². The standard InChI is InChI=1S/C19H20N2O/c1-19(2,3)14-21-18(22)17-12-11-16(13-20-17)10-9-15-7-5-4-6-8-15/h4-8,11-13H,14H2,1-3H3,(H,21,22). The van der Waals surface area contributed by atoms with Crippen molar-refractivity contribution in [1.29, 1.82) is 0 Å². The maximum atomic E-state index is 12.0. The highest BCUT2D eigenvalue weighted by Gasteiger charge is 2.13. The second kappa shape index (κ2) is 6.91. The smallest absolute Gasteiger partial charge is 0.269 e. The van der Waals surface area contributed by atoms with Crippen LogP contribution in [0.5, 0.6) is 0 Å². The first kappa shape index (κ1) is 15.8. The summed E-state index contributed by atoms with van der Waals surface area (Å²) < 4.78 is 0. The number of nitrogens with one attached hydrogen (secondary N) is 1. The Kier molecular flexibility index (Phi) is 4.95. The molecule has 0 unspecified atom stereocenters. The molecule has 0 atom stereocenters. The van der Waals surface area contributed by atoms with Gasteiger partial charge in [-0.1, -0.05) is 50.8 Å². The van der Waals surface area contributed by atoms with Gasteiger partial charge in [0.15, 0.2) is 0 Å². The van der Waals surface area contributed by atoms with Crippen molar-refractivity contribution in [2.24, 2.45) is 5.41 Å². The van der Waals surface area contributed by atoms with Crippen LogP contribution in [0.1, 0.15) is 42.4 Å². The van der Waals surface area contributed by atoms with Crippen LogP contribution < -0.4 is 5.32 Å². The Bertz CT molecular complexity index is 686. The molecule has 3 nitrogen and oxygen atoms in total. The number of nitrogens with zero attached hydrogens (tertiary/aromatic N) is 1. The number of aromatic nitrogens is 1. The third-order valence-corrected chi connectivity index (χ3v) is 2.90. The highest BCUT2D eigenvalue weighted by atomic mass is 16.1. The highest BCUT2D eigenvalue weighted by molar-refractivity contribution is 5.92. The minimum absolute atomic E-state index is 0.0523. The molecule has 2 rings (SSSR count). The van der Waals surface area contributed by atoms with Crippen molar-refractivity contribution in [3.8, 4) is 11.8 Å². The van der Waals surface area contributed by atoms with Crippen LogP contribution in [0.2, 0.25) is 0 Å². The van der Waals surface area contributed by atoms with Crippen LogP contribution in [0.15, 0.2) is 48.7 Å². The average Bonchev–Trinajstić information content (AvgIpc) is 2.51. The Morgan fingerprint density at radius 3 is 2.32 bits per heavy atom. The van der Waals surface area contributed by atoms with Gasteiger partial charge in [-0.15, -0.1) is 0 Å². The first-order chi connectivity index (χ1) is 10.4. The molecule has 3 heteroatoms. The van der Waals surface area contributed by atoms with Crippen LogP contribution >= 0.6 is 0 Å². The summed E-state index contributed by atoms with van der Waals surface area (Å²) >= 11 is 0. The van der Waals surface area contributed by atoms with Crippen LogP contribution in [-0.4, -0.2) is 17.4 Å². The van der Waals surface area contributed by atoms with Crippen molar-refractivity contribution in [2.45, 2.75) is 20.8 Å². The summed E-state index contributed by atoms with van der Waals surface area (Å²) in [6, 6.07) is 13.3. The first-order valence-electron chi connectivity index (χ1n) is 7.25. The Hall–Kier alpha value is -2.60. The second-order valence-corrected chi connectivity index (χ2v) is 6.29. The number of rotatable bonds is 2. The summed E-state index contributed by atoms with van der Waals surface area (Å²) in [4.78, 5) is 16.1. The number of hydrogen-bond donors (Lipinski definition) is 1. The zero-order chi connectivity index (χ0) is 16.0. The second-order valence-electron chi connectivity index (χ2n) is 6.29. The normalized spacial score (nSPS) is 10.5. The molecule has 1 aromatic carbocycles. The summed E-state index contributed by atoms with van der Waals surface area (Å²) in [6.07, 6.45) is 1.63. The molecule has 22 heavy (non-hydrogen) atoms. The molecule has 0 aliphatic rings. The monoisotopic (exact) mass is 292 g/mol. The molecule has 0 aliphatic heterocycles. The van der Waals surface area contributed by atoms with E-state index in [2.05, 4.69) is 42.9 Å². The number of amides is 1. The van der Waals surface area contributed by atoms with Crippen molar-refractivity contribution in [3.63, 3.8) is 0 Å². The van der Waals surface area contributed by atoms with Crippen molar-refractivity contribution >= 4 is 5.91 Å². The number of carbonyl (C=O) groups is 1. The van der Waals surface area contributed by atoms with Gasteiger partial charge in [-0.25, -0.2) is 4.98 Å². The molecule has 112 valence electrons. The van der Waals surface area contributed by atoms with E-state index in [-0.39, 0.29) is 11.3 Å². The number of pyridine rings is 1. The quantitative estimate of drug-likeness (QED) is 0.863. The van der Waals surface area contributed by atoms with E-state index in [0.29, 0.717) is 12.2 Å². The van der Waals surface area contributed by atoms with Crippen molar-refractivity contribution in [2.75, 3.05) is 6.54 Å². The van der Waals surface area contributed by atoms with E-state index in [0.717, 1.165) is 11.1 Å². The Morgan fingerprint density at radius 1 is 1.05 bits per heavy atom. The van der Waals surface area contributed by atoms with Gasteiger partial charge in [0.05, 0.1) is 0 Å². The van der Waals surface area contributed by atoms with Crippen LogP contribution in [0.3, 0.4) is 0 Å². The van der Waals surface area contributed by atoms with Crippen LogP contribution in [0.4, 0.5) is 0 Å². The Morgan fingerprint density at radius 2 is 1.73 bits per heavy atom. The van der Waals surface area contributed by atoms with Gasteiger partial charge in [-0.05, 0) is 29.7 Å². The molecular weight excluding hydrogens is 272 g/mol. The third kappa shape index (κ3) is 5.06. The van der Waals surface area contributed by atoms with Crippen LogP contribution in [0.25, 0.3) is 0 Å². The molecule has 0 saturated heterocycles. The molecule has 1 amide bonds. The van der Waals surface area contributed by atoms with E-state index in [1.54, 1.807) is 12.3 Å². The van der Waals surface area contributed by atoms with Gasteiger partial charge in [0.1, 0.15) is 5.69 Å². The fraction of sp³-hybridized carbons (Fsp3) is 0.263. The summed E-state index contributed by atoms with van der Waals surface area (Å²) in [6.45, 7) is 6.83. The first-order valence-corrected chi connectivity index (χ1v) is 7.25. The van der Waals surface area contributed by atoms with Crippen molar-refractivity contribution < 1.29 is 4.79 Å². The van der Waals surface area contributed by atoms with E-state index in [9.17, 15) is 4.79 Å². The van der Waals surface area contributed by atoms with Crippen LogP contribution in [0, 0.1) is 17.3 Å². The van der Waals surface area contributed by atoms with Gasteiger partial charge in [0.25, 0.3) is 5.91 Å². The highest BCUT2D eigenvalue weighted by Crippen LogP contribution is 2.10. The van der Waals surface area contributed by atoms with Crippen molar-refractivity contribution in [1.82, 2.24) is 10.3 Å². The van der Waals surface area contributed by atoms with E-state index < -0.39 is 0 Å². The van der Waals surface area contributed by atoms with Gasteiger partial charge in [0, 0.05) is 23.9 Å². The molecular formula is C19H20N2O. The topological polar surface area (TPSA) is 42.0 Å². The van der Waals surface area contributed by atoms with E-state index in [4.69, 9.17) is 0 Å². The molecule has 1 aromatic heterocycles. The maximum Gasteiger partial charge on any atom is 0.269 e. The lowest BCUT2D eigenvalue weighted by atomic mass is 9.97. The maximum absolute atomic E-state index is 12.0. The zero-order valence-electron chi connectivity index (χ0n) is 13.2. The van der Waals surface area contributed by atoms with Gasteiger partial charge in [-0.3, -0.25) is 4.79 Å². The average molecular weight is 292 g/mol.